The summed E-state index contributed by atoms with van der Waals surface area (Å²) in [6.07, 6.45) is 45.1. The maximum atomic E-state index is 12.8. The molecule has 0 radical (unpaired) electrons. The van der Waals surface area contributed by atoms with Crippen LogP contribution in [0.1, 0.15) is 292 Å². The Kier molecular flexibility index (Phi) is 44.2. The first-order valence-electron chi connectivity index (χ1n) is 26.7. The average Bonchev–Trinajstić information content (AvgIpc) is 3.25. The van der Waals surface area contributed by atoms with Gasteiger partial charge in [-0.3, -0.25) is 14.4 Å². The molecule has 0 aromatic heterocycles. The predicted molar refractivity (Wildman–Crippen MR) is 256 cm³/mol. The smallest absolute Gasteiger partial charge is 0.306 e. The number of rotatable bonds is 47. The Morgan fingerprint density at radius 3 is 0.783 bits per heavy atom. The number of carbonyl (C=O) groups is 3. The van der Waals surface area contributed by atoms with Crippen molar-refractivity contribution in [2.45, 2.75) is 298 Å². The molecule has 356 valence electrons. The molecule has 0 aliphatic heterocycles. The maximum absolute atomic E-state index is 12.8. The van der Waals surface area contributed by atoms with Gasteiger partial charge in [0.15, 0.2) is 6.10 Å². The van der Waals surface area contributed by atoms with Gasteiger partial charge in [-0.15, -0.1) is 0 Å². The molecule has 3 unspecified atom stereocenters. The van der Waals surface area contributed by atoms with Crippen LogP contribution in [-0.2, 0) is 28.6 Å². The zero-order chi connectivity index (χ0) is 44.2. The van der Waals surface area contributed by atoms with E-state index in [0.717, 1.165) is 75.5 Å². The lowest BCUT2D eigenvalue weighted by Crippen LogP contribution is -2.30. The summed E-state index contributed by atoms with van der Waals surface area (Å²) in [5.74, 6) is 1.72. The third-order valence-corrected chi connectivity index (χ3v) is 13.2. The molecule has 0 amide bonds. The number of unbranched alkanes of at least 4 members (excludes halogenated alkanes) is 27. The molecule has 0 heterocycles. The van der Waals surface area contributed by atoms with Crippen LogP contribution >= 0.6 is 0 Å². The third kappa shape index (κ3) is 43.1. The fourth-order valence-electron chi connectivity index (χ4n) is 8.02. The fourth-order valence-corrected chi connectivity index (χ4v) is 8.02. The zero-order valence-electron chi connectivity index (χ0n) is 41.3. The van der Waals surface area contributed by atoms with Crippen LogP contribution < -0.4 is 0 Å². The fraction of sp³-hybridized carbons (Fsp3) is 0.944. The van der Waals surface area contributed by atoms with E-state index >= 15 is 0 Å². The highest BCUT2D eigenvalue weighted by molar-refractivity contribution is 5.71. The van der Waals surface area contributed by atoms with Crippen molar-refractivity contribution >= 4 is 17.9 Å². The molecule has 0 aliphatic carbocycles. The van der Waals surface area contributed by atoms with Crippen molar-refractivity contribution in [3.63, 3.8) is 0 Å². The number of carbonyl (C=O) groups excluding carboxylic acids is 3. The van der Waals surface area contributed by atoms with E-state index in [2.05, 4.69) is 41.5 Å². The largest absolute Gasteiger partial charge is 0.462 e. The van der Waals surface area contributed by atoms with Crippen molar-refractivity contribution < 1.29 is 28.6 Å². The minimum Gasteiger partial charge on any atom is -0.462 e. The topological polar surface area (TPSA) is 78.9 Å². The summed E-state index contributed by atoms with van der Waals surface area (Å²) in [6.45, 7) is 13.8. The highest BCUT2D eigenvalue weighted by atomic mass is 16.6. The molecule has 6 heteroatoms. The second-order valence-electron chi connectivity index (χ2n) is 19.2. The number of hydrogen-bond donors (Lipinski definition) is 0. The molecular weight excluding hydrogens is 745 g/mol. The lowest BCUT2D eigenvalue weighted by molar-refractivity contribution is -0.167. The second-order valence-corrected chi connectivity index (χ2v) is 19.2. The van der Waals surface area contributed by atoms with E-state index in [4.69, 9.17) is 14.2 Å². The molecular formula is C54H104O6. The molecule has 0 aliphatic rings. The van der Waals surface area contributed by atoms with Crippen molar-refractivity contribution in [3.8, 4) is 0 Å². The summed E-state index contributed by atoms with van der Waals surface area (Å²) in [5.41, 5.74) is 0. The van der Waals surface area contributed by atoms with Crippen LogP contribution in [0.2, 0.25) is 0 Å². The molecule has 0 aromatic rings. The van der Waals surface area contributed by atoms with Crippen LogP contribution in [0, 0.1) is 17.8 Å². The van der Waals surface area contributed by atoms with Crippen LogP contribution in [0.25, 0.3) is 0 Å². The summed E-state index contributed by atoms with van der Waals surface area (Å²) >= 11 is 0. The Labute approximate surface area is 374 Å². The summed E-state index contributed by atoms with van der Waals surface area (Å²) < 4.78 is 16.8. The minimum absolute atomic E-state index is 0.0653. The standard InChI is InChI=1S/C54H104O6/c1-7-48(4)40-34-28-22-18-14-12-10-11-13-15-20-24-31-37-43-52(55)58-46-51(60-54(57)45-39-33-27-26-30-36-42-50(6)9-3)47-59-53(56)44-38-32-25-21-17-16-19-23-29-35-41-49(5)8-2/h48-51H,7-47H2,1-6H3/t48?,49?,50?,51-/m0/s1. The van der Waals surface area contributed by atoms with Gasteiger partial charge in [-0.25, -0.2) is 0 Å². The van der Waals surface area contributed by atoms with Gasteiger partial charge >= 0.3 is 17.9 Å². The van der Waals surface area contributed by atoms with Gasteiger partial charge in [-0.05, 0) is 37.0 Å². The summed E-state index contributed by atoms with van der Waals surface area (Å²) in [4.78, 5) is 38.0. The van der Waals surface area contributed by atoms with Gasteiger partial charge in [0, 0.05) is 19.3 Å². The predicted octanol–water partition coefficient (Wildman–Crippen LogP) is 17.2. The van der Waals surface area contributed by atoms with Crippen LogP contribution in [-0.4, -0.2) is 37.2 Å². The Morgan fingerprint density at radius 2 is 0.533 bits per heavy atom. The van der Waals surface area contributed by atoms with Crippen LogP contribution in [0.15, 0.2) is 0 Å². The second kappa shape index (κ2) is 45.4. The van der Waals surface area contributed by atoms with E-state index in [1.165, 1.54) is 173 Å². The van der Waals surface area contributed by atoms with Crippen molar-refractivity contribution in [1.29, 1.82) is 0 Å². The van der Waals surface area contributed by atoms with Gasteiger partial charge in [0.05, 0.1) is 0 Å². The Balaban J connectivity index is 4.27. The van der Waals surface area contributed by atoms with E-state index in [1.807, 2.05) is 0 Å². The van der Waals surface area contributed by atoms with Crippen LogP contribution in [0.5, 0.6) is 0 Å². The molecule has 4 atom stereocenters. The lowest BCUT2D eigenvalue weighted by Gasteiger charge is -2.18. The minimum atomic E-state index is -0.763. The maximum Gasteiger partial charge on any atom is 0.306 e. The van der Waals surface area contributed by atoms with Gasteiger partial charge in [-0.2, -0.15) is 0 Å². The molecule has 0 saturated heterocycles. The van der Waals surface area contributed by atoms with Crippen molar-refractivity contribution in [2.75, 3.05) is 13.2 Å². The monoisotopic (exact) mass is 849 g/mol. The Hall–Kier alpha value is -1.59. The lowest BCUT2D eigenvalue weighted by atomic mass is 9.99. The summed E-state index contributed by atoms with van der Waals surface area (Å²) in [6, 6.07) is 0. The molecule has 0 bridgehead atoms. The summed E-state index contributed by atoms with van der Waals surface area (Å²) in [5, 5.41) is 0. The number of ether oxygens (including phenoxy) is 3. The molecule has 0 rings (SSSR count). The van der Waals surface area contributed by atoms with Gasteiger partial charge < -0.3 is 14.2 Å². The molecule has 0 aromatic carbocycles. The first-order chi connectivity index (χ1) is 29.2. The Morgan fingerprint density at radius 1 is 0.317 bits per heavy atom. The van der Waals surface area contributed by atoms with Crippen molar-refractivity contribution in [2.24, 2.45) is 17.8 Å². The molecule has 6 nitrogen and oxygen atoms in total. The third-order valence-electron chi connectivity index (χ3n) is 13.2. The van der Waals surface area contributed by atoms with Crippen LogP contribution in [0.3, 0.4) is 0 Å². The molecule has 0 spiro atoms. The van der Waals surface area contributed by atoms with E-state index in [1.54, 1.807) is 0 Å². The highest BCUT2D eigenvalue weighted by Gasteiger charge is 2.19. The van der Waals surface area contributed by atoms with Gasteiger partial charge in [0.25, 0.3) is 0 Å². The van der Waals surface area contributed by atoms with E-state index in [-0.39, 0.29) is 31.1 Å². The first kappa shape index (κ1) is 58.4. The van der Waals surface area contributed by atoms with Crippen molar-refractivity contribution in [1.82, 2.24) is 0 Å². The van der Waals surface area contributed by atoms with Gasteiger partial charge in [0.2, 0.25) is 0 Å². The van der Waals surface area contributed by atoms with Gasteiger partial charge in [0.1, 0.15) is 13.2 Å². The van der Waals surface area contributed by atoms with Crippen molar-refractivity contribution in [3.05, 3.63) is 0 Å². The van der Waals surface area contributed by atoms with Gasteiger partial charge in [-0.1, -0.05) is 253 Å². The highest BCUT2D eigenvalue weighted by Crippen LogP contribution is 2.19. The normalized spacial score (nSPS) is 13.5. The van der Waals surface area contributed by atoms with E-state index in [0.29, 0.717) is 19.3 Å². The molecule has 60 heavy (non-hydrogen) atoms. The van der Waals surface area contributed by atoms with E-state index in [9.17, 15) is 14.4 Å². The molecule has 0 saturated carbocycles. The number of esters is 3. The summed E-state index contributed by atoms with van der Waals surface area (Å²) in [7, 11) is 0. The average molecular weight is 849 g/mol. The zero-order valence-corrected chi connectivity index (χ0v) is 41.3. The SMILES string of the molecule is CCC(C)CCCCCCCCCCCCCCCCC(=O)OC[C@@H](COC(=O)CCCCCCCCCCCCC(C)CC)OC(=O)CCCCCCCCC(C)CC. The van der Waals surface area contributed by atoms with Crippen LogP contribution in [0.4, 0.5) is 0 Å². The first-order valence-corrected chi connectivity index (χ1v) is 26.7. The van der Waals surface area contributed by atoms with E-state index < -0.39 is 6.10 Å². The molecule has 0 fully saturated rings. The molecule has 0 N–H and O–H groups in total. The number of hydrogen-bond acceptors (Lipinski definition) is 6. The quantitative estimate of drug-likeness (QED) is 0.0345. The Bertz CT molecular complexity index is 935.